The molecule has 1 atom stereocenters. The second kappa shape index (κ2) is 6.59. The first-order valence-electron chi connectivity index (χ1n) is 6.42. The van der Waals surface area contributed by atoms with Gasteiger partial charge in [-0.3, -0.25) is 4.90 Å². The van der Waals surface area contributed by atoms with Crippen LogP contribution in [0.25, 0.3) is 0 Å². The van der Waals surface area contributed by atoms with Gasteiger partial charge in [-0.1, -0.05) is 30.3 Å². The highest BCUT2D eigenvalue weighted by atomic mass is 19.1. The topological polar surface area (TPSA) is 23.5 Å². The molecule has 2 aromatic rings. The molecule has 0 aromatic heterocycles. The molecule has 0 radical (unpaired) electrons. The molecule has 0 unspecified atom stereocenters. The minimum absolute atomic E-state index is 0.244. The summed E-state index contributed by atoms with van der Waals surface area (Å²) in [6, 6.07) is 12.6. The van der Waals surface area contributed by atoms with Gasteiger partial charge >= 0.3 is 0 Å². The van der Waals surface area contributed by atoms with Gasteiger partial charge in [0.1, 0.15) is 11.6 Å². The van der Waals surface area contributed by atoms with Crippen LogP contribution >= 0.6 is 0 Å². The summed E-state index contributed by atoms with van der Waals surface area (Å²) in [4.78, 5) is 1.76. The SMILES string of the molecule is CN(Cc1cc(F)ccc1F)C[C@@H](O)c1ccccc1. The van der Waals surface area contributed by atoms with E-state index >= 15 is 0 Å². The first-order chi connectivity index (χ1) is 9.56. The minimum atomic E-state index is -0.655. The van der Waals surface area contributed by atoms with Crippen LogP contribution in [0, 0.1) is 11.6 Å². The largest absolute Gasteiger partial charge is 0.387 e. The second-order valence-electron chi connectivity index (χ2n) is 4.86. The van der Waals surface area contributed by atoms with E-state index in [1.54, 1.807) is 11.9 Å². The summed E-state index contributed by atoms with van der Waals surface area (Å²) < 4.78 is 26.6. The van der Waals surface area contributed by atoms with Crippen molar-refractivity contribution < 1.29 is 13.9 Å². The number of hydrogen-bond donors (Lipinski definition) is 1. The van der Waals surface area contributed by atoms with Gasteiger partial charge in [-0.25, -0.2) is 8.78 Å². The lowest BCUT2D eigenvalue weighted by Crippen LogP contribution is -2.24. The zero-order chi connectivity index (χ0) is 14.5. The third kappa shape index (κ3) is 3.85. The fraction of sp³-hybridized carbons (Fsp3) is 0.250. The fourth-order valence-electron chi connectivity index (χ4n) is 2.10. The Balaban J connectivity index is 1.99. The zero-order valence-electron chi connectivity index (χ0n) is 11.3. The molecule has 2 aromatic carbocycles. The Bertz CT molecular complexity index is 560. The lowest BCUT2D eigenvalue weighted by atomic mass is 10.1. The average molecular weight is 277 g/mol. The highest BCUT2D eigenvalue weighted by Gasteiger charge is 2.12. The van der Waals surface area contributed by atoms with Crippen molar-refractivity contribution in [3.05, 3.63) is 71.3 Å². The first kappa shape index (κ1) is 14.6. The molecule has 1 N–H and O–H groups in total. The third-order valence-corrected chi connectivity index (χ3v) is 3.12. The summed E-state index contributed by atoms with van der Waals surface area (Å²) in [5.41, 5.74) is 1.09. The molecular formula is C16H17F2NO. The number of benzene rings is 2. The van der Waals surface area contributed by atoms with Crippen molar-refractivity contribution in [3.8, 4) is 0 Å². The quantitative estimate of drug-likeness (QED) is 0.907. The third-order valence-electron chi connectivity index (χ3n) is 3.12. The molecule has 106 valence electrons. The van der Waals surface area contributed by atoms with Crippen molar-refractivity contribution in [2.24, 2.45) is 0 Å². The Kier molecular flexibility index (Phi) is 4.82. The van der Waals surface area contributed by atoms with Gasteiger partial charge in [-0.05, 0) is 30.8 Å². The monoisotopic (exact) mass is 277 g/mol. The maximum atomic E-state index is 13.5. The minimum Gasteiger partial charge on any atom is -0.387 e. The van der Waals surface area contributed by atoms with Crippen molar-refractivity contribution in [3.63, 3.8) is 0 Å². The first-order valence-corrected chi connectivity index (χ1v) is 6.42. The van der Waals surface area contributed by atoms with E-state index in [-0.39, 0.29) is 12.1 Å². The molecule has 0 saturated heterocycles. The summed E-state index contributed by atoms with van der Waals surface area (Å²) >= 11 is 0. The van der Waals surface area contributed by atoms with Gasteiger partial charge in [0.05, 0.1) is 6.10 Å². The molecule has 0 spiro atoms. The molecule has 0 saturated carbocycles. The summed E-state index contributed by atoms with van der Waals surface area (Å²) in [6.45, 7) is 0.591. The number of aliphatic hydroxyl groups excluding tert-OH is 1. The van der Waals surface area contributed by atoms with Crippen LogP contribution in [0.15, 0.2) is 48.5 Å². The maximum absolute atomic E-state index is 13.5. The van der Waals surface area contributed by atoms with Gasteiger partial charge in [0.25, 0.3) is 0 Å². The molecular weight excluding hydrogens is 260 g/mol. The predicted molar refractivity (Wildman–Crippen MR) is 74.1 cm³/mol. The highest BCUT2D eigenvalue weighted by Crippen LogP contribution is 2.16. The Hall–Kier alpha value is -1.78. The van der Waals surface area contributed by atoms with E-state index in [9.17, 15) is 13.9 Å². The Morgan fingerprint density at radius 3 is 2.50 bits per heavy atom. The number of nitrogens with zero attached hydrogens (tertiary/aromatic N) is 1. The number of aliphatic hydroxyl groups is 1. The van der Waals surface area contributed by atoms with Gasteiger partial charge in [0, 0.05) is 18.7 Å². The van der Waals surface area contributed by atoms with E-state index in [2.05, 4.69) is 0 Å². The molecule has 2 nitrogen and oxygen atoms in total. The van der Waals surface area contributed by atoms with Crippen molar-refractivity contribution >= 4 is 0 Å². The smallest absolute Gasteiger partial charge is 0.127 e. The van der Waals surface area contributed by atoms with E-state index in [0.717, 1.165) is 17.7 Å². The van der Waals surface area contributed by atoms with Crippen LogP contribution in [0.4, 0.5) is 8.78 Å². The molecule has 0 aliphatic carbocycles. The van der Waals surface area contributed by atoms with Crippen LogP contribution in [-0.4, -0.2) is 23.6 Å². The lowest BCUT2D eigenvalue weighted by Gasteiger charge is -2.21. The number of hydrogen-bond acceptors (Lipinski definition) is 2. The number of likely N-dealkylation sites (N-methyl/N-ethyl adjacent to an activating group) is 1. The van der Waals surface area contributed by atoms with Crippen LogP contribution in [0.3, 0.4) is 0 Å². The van der Waals surface area contributed by atoms with Gasteiger partial charge in [0.15, 0.2) is 0 Å². The molecule has 0 bridgehead atoms. The van der Waals surface area contributed by atoms with Gasteiger partial charge in [-0.15, -0.1) is 0 Å². The van der Waals surface area contributed by atoms with Crippen molar-refractivity contribution in [1.82, 2.24) is 4.90 Å². The predicted octanol–water partition coefficient (Wildman–Crippen LogP) is 3.13. The van der Waals surface area contributed by atoms with Gasteiger partial charge < -0.3 is 5.11 Å². The van der Waals surface area contributed by atoms with E-state index in [4.69, 9.17) is 0 Å². The molecule has 2 rings (SSSR count). The number of rotatable bonds is 5. The van der Waals surface area contributed by atoms with E-state index in [0.29, 0.717) is 6.54 Å². The Morgan fingerprint density at radius 2 is 1.80 bits per heavy atom. The summed E-state index contributed by atoms with van der Waals surface area (Å²) in [5, 5.41) is 10.1. The Morgan fingerprint density at radius 1 is 1.10 bits per heavy atom. The summed E-state index contributed by atoms with van der Waals surface area (Å²) in [5.74, 6) is -0.897. The molecule has 0 heterocycles. The van der Waals surface area contributed by atoms with Crippen LogP contribution in [0.5, 0.6) is 0 Å². The van der Waals surface area contributed by atoms with Crippen molar-refractivity contribution in [2.75, 3.05) is 13.6 Å². The summed E-state index contributed by atoms with van der Waals surface area (Å²) in [6.07, 6.45) is -0.655. The summed E-state index contributed by atoms with van der Waals surface area (Å²) in [7, 11) is 1.76. The molecule has 0 aliphatic rings. The highest BCUT2D eigenvalue weighted by molar-refractivity contribution is 5.19. The molecule has 20 heavy (non-hydrogen) atoms. The fourth-order valence-corrected chi connectivity index (χ4v) is 2.10. The molecule has 0 aliphatic heterocycles. The van der Waals surface area contributed by atoms with Crippen LogP contribution in [0.2, 0.25) is 0 Å². The van der Waals surface area contributed by atoms with Crippen LogP contribution in [-0.2, 0) is 6.54 Å². The second-order valence-corrected chi connectivity index (χ2v) is 4.86. The maximum Gasteiger partial charge on any atom is 0.127 e. The van der Waals surface area contributed by atoms with Gasteiger partial charge in [0.2, 0.25) is 0 Å². The van der Waals surface area contributed by atoms with Crippen LogP contribution in [0.1, 0.15) is 17.2 Å². The van der Waals surface area contributed by atoms with E-state index < -0.39 is 17.7 Å². The van der Waals surface area contributed by atoms with Crippen LogP contribution < -0.4 is 0 Å². The van der Waals surface area contributed by atoms with Crippen molar-refractivity contribution in [2.45, 2.75) is 12.6 Å². The van der Waals surface area contributed by atoms with E-state index in [1.807, 2.05) is 30.3 Å². The van der Waals surface area contributed by atoms with Gasteiger partial charge in [-0.2, -0.15) is 0 Å². The average Bonchev–Trinajstić information content (AvgIpc) is 2.43. The van der Waals surface area contributed by atoms with Crippen molar-refractivity contribution in [1.29, 1.82) is 0 Å². The number of halogens is 2. The molecule has 4 heteroatoms. The standard InChI is InChI=1S/C16H17F2NO/c1-19(10-13-9-14(17)7-8-15(13)18)11-16(20)12-5-3-2-4-6-12/h2-9,16,20H,10-11H2,1H3/t16-/m1/s1. The molecule has 0 amide bonds. The van der Waals surface area contributed by atoms with E-state index in [1.165, 1.54) is 6.07 Å². The zero-order valence-corrected chi connectivity index (χ0v) is 11.3. The normalized spacial score (nSPS) is 12.7. The lowest BCUT2D eigenvalue weighted by molar-refractivity contribution is 0.123. The Labute approximate surface area is 117 Å². The molecule has 0 fully saturated rings.